The molecule has 1 aliphatic rings. The van der Waals surface area contributed by atoms with Crippen LogP contribution in [0.15, 0.2) is 42.7 Å². The van der Waals surface area contributed by atoms with Crippen molar-refractivity contribution in [3.63, 3.8) is 0 Å². The van der Waals surface area contributed by atoms with Crippen LogP contribution in [0.3, 0.4) is 0 Å². The summed E-state index contributed by atoms with van der Waals surface area (Å²) in [6.07, 6.45) is 3.53. The molecule has 0 saturated carbocycles. The van der Waals surface area contributed by atoms with Crippen LogP contribution < -0.4 is 15.4 Å². The van der Waals surface area contributed by atoms with Gasteiger partial charge >= 0.3 is 0 Å². The van der Waals surface area contributed by atoms with Gasteiger partial charge in [-0.1, -0.05) is 6.07 Å². The molecule has 1 amide bonds. The number of benzene rings is 1. The van der Waals surface area contributed by atoms with E-state index in [1.165, 1.54) is 0 Å². The molecule has 3 rings (SSSR count). The van der Waals surface area contributed by atoms with Crippen molar-refractivity contribution in [2.45, 2.75) is 6.04 Å². The van der Waals surface area contributed by atoms with Crippen LogP contribution in [0.1, 0.15) is 17.2 Å². The normalized spacial score (nSPS) is 14.9. The van der Waals surface area contributed by atoms with E-state index < -0.39 is 0 Å². The molecule has 1 aromatic heterocycles. The summed E-state index contributed by atoms with van der Waals surface area (Å²) in [5.74, 6) is 0.581. The average molecular weight is 269 g/mol. The molecule has 20 heavy (non-hydrogen) atoms. The van der Waals surface area contributed by atoms with Gasteiger partial charge in [-0.3, -0.25) is 9.78 Å². The van der Waals surface area contributed by atoms with Gasteiger partial charge in [-0.2, -0.15) is 0 Å². The number of carbonyl (C=O) groups excluding carboxylic acids is 1. The number of hydrogen-bond acceptors (Lipinski definition) is 4. The Morgan fingerprint density at radius 1 is 1.25 bits per heavy atom. The molecule has 0 spiro atoms. The predicted octanol–water partition coefficient (Wildman–Crippen LogP) is 1.72. The van der Waals surface area contributed by atoms with Gasteiger partial charge in [-0.05, 0) is 42.4 Å². The minimum Gasteiger partial charge on any atom is -0.482 e. The van der Waals surface area contributed by atoms with Crippen molar-refractivity contribution >= 4 is 11.6 Å². The zero-order valence-corrected chi connectivity index (χ0v) is 11.1. The Labute approximate surface area is 117 Å². The second-order valence-electron chi connectivity index (χ2n) is 4.59. The first-order valence-corrected chi connectivity index (χ1v) is 6.41. The third-order valence-electron chi connectivity index (χ3n) is 3.30. The molecular weight excluding hydrogens is 254 g/mol. The summed E-state index contributed by atoms with van der Waals surface area (Å²) in [7, 11) is 1.90. The van der Waals surface area contributed by atoms with E-state index in [-0.39, 0.29) is 18.6 Å². The van der Waals surface area contributed by atoms with Crippen LogP contribution in [0, 0.1) is 0 Å². The molecule has 2 N–H and O–H groups in total. The van der Waals surface area contributed by atoms with Crippen LogP contribution in [0.25, 0.3) is 0 Å². The largest absolute Gasteiger partial charge is 0.482 e. The lowest BCUT2D eigenvalue weighted by atomic mass is 9.99. The second-order valence-corrected chi connectivity index (χ2v) is 4.59. The molecule has 0 radical (unpaired) electrons. The Kier molecular flexibility index (Phi) is 3.35. The van der Waals surface area contributed by atoms with Crippen LogP contribution in [0.2, 0.25) is 0 Å². The fourth-order valence-corrected chi connectivity index (χ4v) is 2.36. The number of nitrogens with zero attached hydrogens (tertiary/aromatic N) is 1. The summed E-state index contributed by atoms with van der Waals surface area (Å²) in [6.45, 7) is 0.0756. The number of fused-ring (bicyclic) bond motifs is 1. The average Bonchev–Trinajstić information content (AvgIpc) is 2.49. The van der Waals surface area contributed by atoms with Crippen LogP contribution in [-0.2, 0) is 4.79 Å². The number of anilines is 1. The maximum Gasteiger partial charge on any atom is 0.262 e. The Morgan fingerprint density at radius 3 is 2.80 bits per heavy atom. The quantitative estimate of drug-likeness (QED) is 0.890. The highest BCUT2D eigenvalue weighted by molar-refractivity contribution is 5.95. The Hall–Kier alpha value is -2.40. The number of ether oxygens (including phenoxy) is 1. The van der Waals surface area contributed by atoms with Gasteiger partial charge in [0.1, 0.15) is 5.75 Å². The molecule has 0 saturated heterocycles. The first kappa shape index (κ1) is 12.6. The van der Waals surface area contributed by atoms with Gasteiger partial charge in [-0.25, -0.2) is 0 Å². The third kappa shape index (κ3) is 2.35. The van der Waals surface area contributed by atoms with Crippen molar-refractivity contribution in [3.8, 4) is 5.75 Å². The van der Waals surface area contributed by atoms with Crippen LogP contribution >= 0.6 is 0 Å². The lowest BCUT2D eigenvalue weighted by molar-refractivity contribution is -0.118. The van der Waals surface area contributed by atoms with E-state index in [0.717, 1.165) is 11.1 Å². The standard InChI is InChI=1S/C15H15N3O2/c1-16-15(10-4-6-17-7-5-10)11-2-3-13-12(8-11)18-14(19)9-20-13/h2-8,15-16H,9H2,1H3,(H,18,19). The Bertz CT molecular complexity index is 628. The fraction of sp³-hybridized carbons (Fsp3) is 0.200. The first-order valence-electron chi connectivity index (χ1n) is 6.41. The lowest BCUT2D eigenvalue weighted by Crippen LogP contribution is -2.26. The molecule has 1 aliphatic heterocycles. The Morgan fingerprint density at radius 2 is 2.05 bits per heavy atom. The summed E-state index contributed by atoms with van der Waals surface area (Å²) in [5.41, 5.74) is 2.89. The third-order valence-corrected chi connectivity index (χ3v) is 3.30. The summed E-state index contributed by atoms with van der Waals surface area (Å²) < 4.78 is 5.37. The number of nitrogens with one attached hydrogen (secondary N) is 2. The van der Waals surface area contributed by atoms with E-state index in [4.69, 9.17) is 4.74 Å². The molecule has 5 nitrogen and oxygen atoms in total. The fourth-order valence-electron chi connectivity index (χ4n) is 2.36. The topological polar surface area (TPSA) is 63.2 Å². The van der Waals surface area contributed by atoms with Gasteiger partial charge < -0.3 is 15.4 Å². The molecule has 102 valence electrons. The number of hydrogen-bond donors (Lipinski definition) is 2. The predicted molar refractivity (Wildman–Crippen MR) is 75.7 cm³/mol. The maximum atomic E-state index is 11.4. The number of rotatable bonds is 3. The number of carbonyl (C=O) groups is 1. The summed E-state index contributed by atoms with van der Waals surface area (Å²) in [5, 5.41) is 6.10. The lowest BCUT2D eigenvalue weighted by Gasteiger charge is -2.22. The molecular formula is C15H15N3O2. The van der Waals surface area contributed by atoms with E-state index in [1.807, 2.05) is 37.4 Å². The Balaban J connectivity index is 1.97. The molecule has 0 bridgehead atoms. The molecule has 1 unspecified atom stereocenters. The van der Waals surface area contributed by atoms with Crippen molar-refractivity contribution in [1.29, 1.82) is 0 Å². The van der Waals surface area contributed by atoms with Gasteiger partial charge in [0.05, 0.1) is 11.7 Å². The van der Waals surface area contributed by atoms with E-state index in [2.05, 4.69) is 15.6 Å². The van der Waals surface area contributed by atoms with Crippen molar-refractivity contribution < 1.29 is 9.53 Å². The molecule has 1 atom stereocenters. The molecule has 1 aromatic carbocycles. The first-order chi connectivity index (χ1) is 9.78. The van der Waals surface area contributed by atoms with Gasteiger partial charge in [-0.15, -0.1) is 0 Å². The van der Waals surface area contributed by atoms with Gasteiger partial charge in [0, 0.05) is 12.4 Å². The van der Waals surface area contributed by atoms with Crippen molar-refractivity contribution in [3.05, 3.63) is 53.9 Å². The number of amides is 1. The van der Waals surface area contributed by atoms with Crippen molar-refractivity contribution in [1.82, 2.24) is 10.3 Å². The van der Waals surface area contributed by atoms with E-state index >= 15 is 0 Å². The summed E-state index contributed by atoms with van der Waals surface area (Å²) in [4.78, 5) is 15.4. The highest BCUT2D eigenvalue weighted by atomic mass is 16.5. The van der Waals surface area contributed by atoms with Crippen molar-refractivity contribution in [2.75, 3.05) is 19.0 Å². The minimum atomic E-state index is -0.125. The molecule has 5 heteroatoms. The van der Waals surface area contributed by atoms with Gasteiger partial charge in [0.15, 0.2) is 6.61 Å². The monoisotopic (exact) mass is 269 g/mol. The van der Waals surface area contributed by atoms with Crippen LogP contribution in [0.4, 0.5) is 5.69 Å². The second kappa shape index (κ2) is 5.30. The smallest absolute Gasteiger partial charge is 0.262 e. The molecule has 2 aromatic rings. The number of pyridine rings is 1. The van der Waals surface area contributed by atoms with Crippen LogP contribution in [0.5, 0.6) is 5.75 Å². The zero-order chi connectivity index (χ0) is 13.9. The molecule has 0 fully saturated rings. The van der Waals surface area contributed by atoms with E-state index in [1.54, 1.807) is 12.4 Å². The molecule has 0 aliphatic carbocycles. The maximum absolute atomic E-state index is 11.4. The molecule has 2 heterocycles. The highest BCUT2D eigenvalue weighted by Crippen LogP contribution is 2.32. The van der Waals surface area contributed by atoms with Crippen molar-refractivity contribution in [2.24, 2.45) is 0 Å². The summed E-state index contributed by atoms with van der Waals surface area (Å²) in [6, 6.07) is 9.80. The number of aromatic nitrogens is 1. The summed E-state index contributed by atoms with van der Waals surface area (Å²) >= 11 is 0. The highest BCUT2D eigenvalue weighted by Gasteiger charge is 2.19. The van der Waals surface area contributed by atoms with E-state index in [9.17, 15) is 4.79 Å². The van der Waals surface area contributed by atoms with E-state index in [0.29, 0.717) is 11.4 Å². The van der Waals surface area contributed by atoms with Crippen LogP contribution in [-0.4, -0.2) is 24.5 Å². The van der Waals surface area contributed by atoms with Gasteiger partial charge in [0.25, 0.3) is 5.91 Å². The minimum absolute atomic E-state index is 0.0436. The SMILES string of the molecule is CNC(c1ccncc1)c1ccc2c(c1)NC(=O)CO2. The zero-order valence-electron chi connectivity index (χ0n) is 11.1. The van der Waals surface area contributed by atoms with Gasteiger partial charge in [0.2, 0.25) is 0 Å².